The second kappa shape index (κ2) is 7.05. The van der Waals surface area contributed by atoms with E-state index in [0.29, 0.717) is 34.6 Å². The Balaban J connectivity index is 1.16. The van der Waals surface area contributed by atoms with E-state index < -0.39 is 0 Å². The van der Waals surface area contributed by atoms with Crippen LogP contribution in [0.3, 0.4) is 0 Å². The summed E-state index contributed by atoms with van der Waals surface area (Å²) in [6, 6.07) is 13.8. The molecule has 6 atom stereocenters. The average Bonchev–Trinajstić information content (AvgIpc) is 3.61. The molecule has 6 nitrogen and oxygen atoms in total. The fourth-order valence-corrected chi connectivity index (χ4v) is 6.00. The molecule has 32 heavy (non-hydrogen) atoms. The van der Waals surface area contributed by atoms with Crippen molar-refractivity contribution >= 4 is 23.3 Å². The number of allylic oxidation sites excluding steroid dienone is 2. The van der Waals surface area contributed by atoms with Crippen LogP contribution in [0.25, 0.3) is 0 Å². The molecule has 5 aliphatic rings. The first kappa shape index (κ1) is 19.3. The van der Waals surface area contributed by atoms with Crippen molar-refractivity contribution in [3.8, 4) is 11.5 Å². The van der Waals surface area contributed by atoms with Crippen molar-refractivity contribution in [1.29, 1.82) is 0 Å². The van der Waals surface area contributed by atoms with Gasteiger partial charge in [-0.2, -0.15) is 0 Å². The maximum absolute atomic E-state index is 13.2. The van der Waals surface area contributed by atoms with Gasteiger partial charge >= 0.3 is 0 Å². The minimum Gasteiger partial charge on any atom is -0.496 e. The summed E-state index contributed by atoms with van der Waals surface area (Å²) < 4.78 is 10.9. The number of Topliss-reactive ketones (excluding diaryl/α,β-unsaturated/α-hetero) is 1. The summed E-state index contributed by atoms with van der Waals surface area (Å²) in [5.74, 6) is 1.81. The number of carbonyl (C=O) groups is 3. The smallest absolute Gasteiger partial charge is 0.238 e. The predicted molar refractivity (Wildman–Crippen MR) is 116 cm³/mol. The van der Waals surface area contributed by atoms with Crippen LogP contribution in [0.5, 0.6) is 11.5 Å². The van der Waals surface area contributed by atoms with Gasteiger partial charge in [0.15, 0.2) is 6.61 Å². The van der Waals surface area contributed by atoms with Gasteiger partial charge in [0.05, 0.1) is 30.2 Å². The molecule has 2 saturated carbocycles. The number of rotatable bonds is 6. The Morgan fingerprint density at radius 3 is 2.19 bits per heavy atom. The number of hydrogen-bond acceptors (Lipinski definition) is 5. The largest absolute Gasteiger partial charge is 0.496 e. The van der Waals surface area contributed by atoms with Crippen molar-refractivity contribution in [2.75, 3.05) is 18.6 Å². The van der Waals surface area contributed by atoms with E-state index in [9.17, 15) is 14.4 Å². The number of methoxy groups -OCH3 is 1. The Bertz CT molecular complexity index is 1120. The average molecular weight is 429 g/mol. The maximum Gasteiger partial charge on any atom is 0.238 e. The van der Waals surface area contributed by atoms with Crippen molar-refractivity contribution in [3.05, 3.63) is 66.2 Å². The molecular weight excluding hydrogens is 406 g/mol. The lowest BCUT2D eigenvalue weighted by Crippen LogP contribution is -2.40. The van der Waals surface area contributed by atoms with E-state index in [0.717, 1.165) is 6.42 Å². The van der Waals surface area contributed by atoms with Gasteiger partial charge in [-0.25, -0.2) is 0 Å². The van der Waals surface area contributed by atoms with Gasteiger partial charge in [0, 0.05) is 0 Å². The molecule has 0 N–H and O–H groups in total. The molecule has 6 heteroatoms. The van der Waals surface area contributed by atoms with E-state index in [1.54, 1.807) is 48.5 Å². The molecule has 2 aromatic rings. The third kappa shape index (κ3) is 2.75. The third-order valence-corrected chi connectivity index (χ3v) is 7.54. The Hall–Kier alpha value is -3.41. The number of benzene rings is 2. The number of imide groups is 1. The Morgan fingerprint density at radius 2 is 1.56 bits per heavy atom. The molecule has 7 rings (SSSR count). The van der Waals surface area contributed by atoms with Gasteiger partial charge < -0.3 is 9.47 Å². The molecule has 2 bridgehead atoms. The fourth-order valence-electron chi connectivity index (χ4n) is 6.00. The van der Waals surface area contributed by atoms with E-state index in [4.69, 9.17) is 9.47 Å². The van der Waals surface area contributed by atoms with Crippen molar-refractivity contribution in [1.82, 2.24) is 0 Å². The van der Waals surface area contributed by atoms with Gasteiger partial charge in [0.25, 0.3) is 0 Å². The molecule has 1 heterocycles. The highest BCUT2D eigenvalue weighted by Crippen LogP contribution is 2.65. The molecule has 2 amide bonds. The number of para-hydroxylation sites is 1. The molecular formula is C26H23NO5. The summed E-state index contributed by atoms with van der Waals surface area (Å²) in [4.78, 5) is 40.3. The predicted octanol–water partition coefficient (Wildman–Crippen LogP) is 3.51. The molecule has 0 spiro atoms. The van der Waals surface area contributed by atoms with Gasteiger partial charge in [-0.15, -0.1) is 0 Å². The summed E-state index contributed by atoms with van der Waals surface area (Å²) in [6.07, 6.45) is 5.49. The van der Waals surface area contributed by atoms with Gasteiger partial charge in [-0.05, 0) is 66.5 Å². The number of ketones is 1. The summed E-state index contributed by atoms with van der Waals surface area (Å²) in [6.45, 7) is -0.136. The minimum absolute atomic E-state index is 0.0790. The molecule has 0 radical (unpaired) electrons. The first-order valence-corrected chi connectivity index (χ1v) is 11.0. The molecule has 1 saturated heterocycles. The molecule has 2 unspecified atom stereocenters. The second-order valence-electron chi connectivity index (χ2n) is 9.07. The summed E-state index contributed by atoms with van der Waals surface area (Å²) >= 11 is 0. The van der Waals surface area contributed by atoms with Gasteiger partial charge in [0.1, 0.15) is 11.5 Å². The van der Waals surface area contributed by atoms with Crippen molar-refractivity contribution in [2.45, 2.75) is 6.42 Å². The van der Waals surface area contributed by atoms with Crippen LogP contribution in [0.4, 0.5) is 5.69 Å². The zero-order chi connectivity index (χ0) is 22.0. The SMILES string of the molecule is COc1ccccc1C(=O)COc1ccc(N2C(=O)[C@@H]3[C@H](C2=O)[C@@H]2C=C[C@H]3C3CC32)cc1. The third-order valence-electron chi connectivity index (χ3n) is 7.54. The lowest BCUT2D eigenvalue weighted by molar-refractivity contribution is -0.124. The zero-order valence-electron chi connectivity index (χ0n) is 17.6. The normalized spacial score (nSPS) is 31.3. The van der Waals surface area contributed by atoms with Crippen LogP contribution >= 0.6 is 0 Å². The summed E-state index contributed by atoms with van der Waals surface area (Å²) in [5.41, 5.74) is 1.02. The van der Waals surface area contributed by atoms with Crippen LogP contribution in [0.1, 0.15) is 16.8 Å². The molecule has 3 fully saturated rings. The van der Waals surface area contributed by atoms with Crippen LogP contribution in [-0.4, -0.2) is 31.3 Å². The molecule has 4 aliphatic carbocycles. The van der Waals surface area contributed by atoms with Crippen molar-refractivity contribution < 1.29 is 23.9 Å². The monoisotopic (exact) mass is 429 g/mol. The van der Waals surface area contributed by atoms with Gasteiger partial charge in [0.2, 0.25) is 17.6 Å². The number of amides is 2. The number of ether oxygens (including phenoxy) is 2. The van der Waals surface area contributed by atoms with Crippen LogP contribution < -0.4 is 14.4 Å². The zero-order valence-corrected chi connectivity index (χ0v) is 17.6. The lowest BCUT2D eigenvalue weighted by Gasteiger charge is -2.37. The summed E-state index contributed by atoms with van der Waals surface area (Å²) in [7, 11) is 1.52. The first-order valence-electron chi connectivity index (χ1n) is 11.0. The van der Waals surface area contributed by atoms with Crippen molar-refractivity contribution in [2.24, 2.45) is 35.5 Å². The van der Waals surface area contributed by atoms with E-state index in [-0.39, 0.29) is 47.9 Å². The van der Waals surface area contributed by atoms with E-state index in [1.807, 2.05) is 0 Å². The lowest BCUT2D eigenvalue weighted by atomic mass is 9.63. The Labute approximate surface area is 185 Å². The van der Waals surface area contributed by atoms with Crippen molar-refractivity contribution in [3.63, 3.8) is 0 Å². The number of hydrogen-bond donors (Lipinski definition) is 0. The molecule has 0 aromatic heterocycles. The molecule has 162 valence electrons. The highest BCUT2D eigenvalue weighted by molar-refractivity contribution is 6.22. The Morgan fingerprint density at radius 1 is 0.938 bits per heavy atom. The molecule has 1 aliphatic heterocycles. The number of nitrogens with zero attached hydrogens (tertiary/aromatic N) is 1. The first-order chi connectivity index (χ1) is 15.6. The number of carbonyl (C=O) groups excluding carboxylic acids is 3. The standard InChI is InChI=1S/C26H23NO5/c1-31-22-5-3-2-4-18(22)21(28)13-32-15-8-6-14(7-9-15)27-25(29)23-16-10-11-17(20-12-19(16)20)24(23)26(27)30/h2-11,16-17,19-20,23-24H,12-13H2,1H3/t16-,17+,19?,20?,23-,24+. The van der Waals surface area contributed by atoms with E-state index >= 15 is 0 Å². The van der Waals surface area contributed by atoms with Gasteiger partial charge in [-0.1, -0.05) is 24.3 Å². The van der Waals surface area contributed by atoms with Crippen LogP contribution in [0, 0.1) is 35.5 Å². The van der Waals surface area contributed by atoms with Crippen LogP contribution in [0.15, 0.2) is 60.7 Å². The number of anilines is 1. The minimum atomic E-state index is -0.212. The maximum atomic E-state index is 13.2. The van der Waals surface area contributed by atoms with Crippen LogP contribution in [-0.2, 0) is 9.59 Å². The Kier molecular flexibility index (Phi) is 4.25. The van der Waals surface area contributed by atoms with E-state index in [1.165, 1.54) is 12.0 Å². The molecule has 2 aromatic carbocycles. The summed E-state index contributed by atoms with van der Waals surface area (Å²) in [5, 5.41) is 0. The second-order valence-corrected chi connectivity index (χ2v) is 9.07. The fraction of sp³-hybridized carbons (Fsp3) is 0.346. The highest BCUT2D eigenvalue weighted by atomic mass is 16.5. The topological polar surface area (TPSA) is 72.9 Å². The van der Waals surface area contributed by atoms with E-state index in [2.05, 4.69) is 12.2 Å². The highest BCUT2D eigenvalue weighted by Gasteiger charge is 2.67. The quantitative estimate of drug-likeness (QED) is 0.399. The van der Waals surface area contributed by atoms with Gasteiger partial charge in [-0.3, -0.25) is 19.3 Å². The van der Waals surface area contributed by atoms with Crippen LogP contribution in [0.2, 0.25) is 0 Å².